The molecule has 0 aliphatic rings. The standard InChI is InChI=1S/C16H16ClFN2O/c1-10-7-11(3-6-15(10)18)16(21)20(2)9-12-8-13(19)4-5-14(12)17/h3-8H,9,19H2,1-2H3. The number of carbonyl (C=O) groups is 1. The lowest BCUT2D eigenvalue weighted by Crippen LogP contribution is -2.26. The molecule has 2 aromatic carbocycles. The summed E-state index contributed by atoms with van der Waals surface area (Å²) in [7, 11) is 1.67. The number of halogens is 2. The van der Waals surface area contributed by atoms with Gasteiger partial charge in [0.2, 0.25) is 0 Å². The fourth-order valence-electron chi connectivity index (χ4n) is 2.04. The Morgan fingerprint density at radius 1 is 1.29 bits per heavy atom. The molecule has 5 heteroatoms. The molecular weight excluding hydrogens is 291 g/mol. The average molecular weight is 307 g/mol. The molecule has 2 rings (SSSR count). The number of benzene rings is 2. The molecule has 0 atom stereocenters. The first kappa shape index (κ1) is 15.3. The molecule has 0 aromatic heterocycles. The maximum atomic E-state index is 13.3. The number of hydrogen-bond donors (Lipinski definition) is 1. The lowest BCUT2D eigenvalue weighted by atomic mass is 10.1. The normalized spacial score (nSPS) is 10.5. The predicted molar refractivity (Wildman–Crippen MR) is 82.8 cm³/mol. The Kier molecular flexibility index (Phi) is 4.48. The highest BCUT2D eigenvalue weighted by Crippen LogP contribution is 2.21. The van der Waals surface area contributed by atoms with E-state index in [0.717, 1.165) is 5.56 Å². The van der Waals surface area contributed by atoms with E-state index in [1.807, 2.05) is 0 Å². The summed E-state index contributed by atoms with van der Waals surface area (Å²) >= 11 is 6.09. The molecule has 0 bridgehead atoms. The van der Waals surface area contributed by atoms with Crippen LogP contribution in [0.4, 0.5) is 10.1 Å². The summed E-state index contributed by atoms with van der Waals surface area (Å²) in [5.74, 6) is -0.523. The third kappa shape index (κ3) is 3.52. The molecule has 0 saturated carbocycles. The van der Waals surface area contributed by atoms with Gasteiger partial charge in [0.15, 0.2) is 0 Å². The maximum absolute atomic E-state index is 13.3. The van der Waals surface area contributed by atoms with Gasteiger partial charge in [-0.2, -0.15) is 0 Å². The molecule has 1 amide bonds. The fraction of sp³-hybridized carbons (Fsp3) is 0.188. The number of nitrogens with zero attached hydrogens (tertiary/aromatic N) is 1. The molecule has 0 fully saturated rings. The number of nitrogen functional groups attached to an aromatic ring is 1. The van der Waals surface area contributed by atoms with Gasteiger partial charge in [-0.3, -0.25) is 4.79 Å². The number of aryl methyl sites for hydroxylation is 1. The minimum Gasteiger partial charge on any atom is -0.399 e. The highest BCUT2D eigenvalue weighted by atomic mass is 35.5. The van der Waals surface area contributed by atoms with Crippen LogP contribution in [-0.2, 0) is 6.54 Å². The van der Waals surface area contributed by atoms with Crippen LogP contribution in [0, 0.1) is 12.7 Å². The molecule has 2 aromatic rings. The van der Waals surface area contributed by atoms with Gasteiger partial charge >= 0.3 is 0 Å². The Morgan fingerprint density at radius 3 is 2.67 bits per heavy atom. The zero-order chi connectivity index (χ0) is 15.6. The van der Waals surface area contributed by atoms with E-state index < -0.39 is 0 Å². The van der Waals surface area contributed by atoms with Crippen molar-refractivity contribution in [1.29, 1.82) is 0 Å². The van der Waals surface area contributed by atoms with Crippen LogP contribution in [-0.4, -0.2) is 17.9 Å². The van der Waals surface area contributed by atoms with E-state index in [1.54, 1.807) is 32.2 Å². The number of carbonyl (C=O) groups excluding carboxylic acids is 1. The van der Waals surface area contributed by atoms with Crippen LogP contribution in [0.5, 0.6) is 0 Å². The van der Waals surface area contributed by atoms with Gasteiger partial charge in [-0.25, -0.2) is 4.39 Å². The van der Waals surface area contributed by atoms with Crippen LogP contribution in [0.15, 0.2) is 36.4 Å². The molecule has 0 aliphatic carbocycles. The zero-order valence-corrected chi connectivity index (χ0v) is 12.6. The Bertz CT molecular complexity index is 688. The van der Waals surface area contributed by atoms with Crippen LogP contribution in [0.25, 0.3) is 0 Å². The first-order valence-corrected chi connectivity index (χ1v) is 6.82. The number of hydrogen-bond acceptors (Lipinski definition) is 2. The second kappa shape index (κ2) is 6.14. The number of amides is 1. The van der Waals surface area contributed by atoms with Crippen molar-refractivity contribution in [2.45, 2.75) is 13.5 Å². The van der Waals surface area contributed by atoms with Gasteiger partial charge in [-0.05, 0) is 54.4 Å². The van der Waals surface area contributed by atoms with Crippen LogP contribution in [0.1, 0.15) is 21.5 Å². The molecule has 0 unspecified atom stereocenters. The highest BCUT2D eigenvalue weighted by Gasteiger charge is 2.14. The van der Waals surface area contributed by atoms with E-state index >= 15 is 0 Å². The van der Waals surface area contributed by atoms with Crippen molar-refractivity contribution < 1.29 is 9.18 Å². The topological polar surface area (TPSA) is 46.3 Å². The monoisotopic (exact) mass is 306 g/mol. The van der Waals surface area contributed by atoms with Gasteiger partial charge in [0, 0.05) is 29.9 Å². The third-order valence-corrected chi connectivity index (χ3v) is 3.60. The number of nitrogens with two attached hydrogens (primary N) is 1. The summed E-state index contributed by atoms with van der Waals surface area (Å²) in [6, 6.07) is 9.45. The van der Waals surface area contributed by atoms with Crippen molar-refractivity contribution in [1.82, 2.24) is 4.90 Å². The number of rotatable bonds is 3. The molecule has 110 valence electrons. The summed E-state index contributed by atoms with van der Waals surface area (Å²) in [6.07, 6.45) is 0. The van der Waals surface area contributed by atoms with Crippen molar-refractivity contribution >= 4 is 23.2 Å². The molecule has 21 heavy (non-hydrogen) atoms. The Morgan fingerprint density at radius 2 is 2.00 bits per heavy atom. The van der Waals surface area contributed by atoms with E-state index in [2.05, 4.69) is 0 Å². The minimum absolute atomic E-state index is 0.198. The van der Waals surface area contributed by atoms with Gasteiger partial charge in [0.1, 0.15) is 5.82 Å². The Labute approximate surface area is 128 Å². The van der Waals surface area contributed by atoms with E-state index in [4.69, 9.17) is 17.3 Å². The van der Waals surface area contributed by atoms with E-state index in [9.17, 15) is 9.18 Å². The molecule has 0 heterocycles. The molecule has 0 saturated heterocycles. The van der Waals surface area contributed by atoms with E-state index in [1.165, 1.54) is 23.1 Å². The van der Waals surface area contributed by atoms with Crippen LogP contribution < -0.4 is 5.73 Å². The second-order valence-corrected chi connectivity index (χ2v) is 5.38. The molecule has 0 spiro atoms. The Hall–Kier alpha value is -2.07. The fourth-order valence-corrected chi connectivity index (χ4v) is 2.22. The van der Waals surface area contributed by atoms with Crippen LogP contribution in [0.2, 0.25) is 5.02 Å². The van der Waals surface area contributed by atoms with Crippen molar-refractivity contribution in [2.75, 3.05) is 12.8 Å². The summed E-state index contributed by atoms with van der Waals surface area (Å²) in [5, 5.41) is 0.555. The van der Waals surface area contributed by atoms with Gasteiger partial charge in [0.25, 0.3) is 5.91 Å². The summed E-state index contributed by atoms with van der Waals surface area (Å²) in [5.41, 5.74) is 7.97. The first-order valence-electron chi connectivity index (χ1n) is 6.44. The van der Waals surface area contributed by atoms with Crippen molar-refractivity contribution in [3.8, 4) is 0 Å². The summed E-state index contributed by atoms with van der Waals surface area (Å²) in [6.45, 7) is 1.96. The van der Waals surface area contributed by atoms with Crippen LogP contribution >= 0.6 is 11.6 Å². The highest BCUT2D eigenvalue weighted by molar-refractivity contribution is 6.31. The van der Waals surface area contributed by atoms with Gasteiger partial charge in [-0.15, -0.1) is 0 Å². The predicted octanol–water partition coefficient (Wildman–Crippen LogP) is 3.64. The van der Waals surface area contributed by atoms with Crippen molar-refractivity contribution in [3.63, 3.8) is 0 Å². The molecule has 2 N–H and O–H groups in total. The molecule has 0 aliphatic heterocycles. The summed E-state index contributed by atoms with van der Waals surface area (Å²) in [4.78, 5) is 13.9. The molecule has 3 nitrogen and oxygen atoms in total. The zero-order valence-electron chi connectivity index (χ0n) is 11.9. The first-order chi connectivity index (χ1) is 9.88. The average Bonchev–Trinajstić information content (AvgIpc) is 2.45. The maximum Gasteiger partial charge on any atom is 0.253 e. The largest absolute Gasteiger partial charge is 0.399 e. The van der Waals surface area contributed by atoms with Crippen molar-refractivity contribution in [3.05, 3.63) is 63.9 Å². The van der Waals surface area contributed by atoms with Gasteiger partial charge in [-0.1, -0.05) is 11.6 Å². The quantitative estimate of drug-likeness (QED) is 0.880. The lowest BCUT2D eigenvalue weighted by molar-refractivity contribution is 0.0785. The Balaban J connectivity index is 2.19. The molecular formula is C16H16ClFN2O. The molecule has 0 radical (unpaired) electrons. The number of anilines is 1. The second-order valence-electron chi connectivity index (χ2n) is 4.98. The van der Waals surface area contributed by atoms with Crippen LogP contribution in [0.3, 0.4) is 0 Å². The van der Waals surface area contributed by atoms with Crippen molar-refractivity contribution in [2.24, 2.45) is 0 Å². The lowest BCUT2D eigenvalue weighted by Gasteiger charge is -2.18. The SMILES string of the molecule is Cc1cc(C(=O)N(C)Cc2cc(N)ccc2Cl)ccc1F. The smallest absolute Gasteiger partial charge is 0.253 e. The van der Waals surface area contributed by atoms with E-state index in [0.29, 0.717) is 28.4 Å². The van der Waals surface area contributed by atoms with Gasteiger partial charge in [0.05, 0.1) is 0 Å². The van der Waals surface area contributed by atoms with Gasteiger partial charge < -0.3 is 10.6 Å². The summed E-state index contributed by atoms with van der Waals surface area (Å²) < 4.78 is 13.3. The third-order valence-electron chi connectivity index (χ3n) is 3.23. The minimum atomic E-state index is -0.326. The van der Waals surface area contributed by atoms with E-state index in [-0.39, 0.29) is 11.7 Å².